The van der Waals surface area contributed by atoms with Gasteiger partial charge in [-0.1, -0.05) is 15.9 Å². The van der Waals surface area contributed by atoms with E-state index in [2.05, 4.69) is 25.7 Å². The molecule has 4 heteroatoms. The molecule has 0 amide bonds. The van der Waals surface area contributed by atoms with Crippen molar-refractivity contribution in [1.82, 2.24) is 4.98 Å². The Morgan fingerprint density at radius 3 is 2.81 bits per heavy atom. The van der Waals surface area contributed by atoms with E-state index in [0.29, 0.717) is 5.69 Å². The van der Waals surface area contributed by atoms with Gasteiger partial charge >= 0.3 is 5.97 Å². The lowest BCUT2D eigenvalue weighted by atomic mass is 10.1. The molecule has 0 aliphatic rings. The van der Waals surface area contributed by atoms with E-state index in [4.69, 9.17) is 0 Å². The van der Waals surface area contributed by atoms with Crippen LogP contribution in [0.3, 0.4) is 0 Å². The van der Waals surface area contributed by atoms with Gasteiger partial charge in [-0.3, -0.25) is 0 Å². The largest absolute Gasteiger partial charge is 0.464 e. The molecule has 0 saturated heterocycles. The Bertz CT molecular complexity index is 566. The number of esters is 1. The number of hydrogen-bond donors (Lipinski definition) is 0. The first-order valence-electron chi connectivity index (χ1n) is 4.77. The molecule has 0 fully saturated rings. The van der Waals surface area contributed by atoms with Crippen molar-refractivity contribution in [3.05, 3.63) is 40.0 Å². The van der Waals surface area contributed by atoms with Crippen LogP contribution in [0.2, 0.25) is 0 Å². The lowest BCUT2D eigenvalue weighted by Crippen LogP contribution is -2.06. The van der Waals surface area contributed by atoms with E-state index < -0.39 is 5.97 Å². The van der Waals surface area contributed by atoms with E-state index in [1.165, 1.54) is 7.11 Å². The first-order chi connectivity index (χ1) is 7.61. The first kappa shape index (κ1) is 11.1. The zero-order chi connectivity index (χ0) is 11.7. The van der Waals surface area contributed by atoms with Gasteiger partial charge in [0.05, 0.1) is 12.6 Å². The van der Waals surface area contributed by atoms with Crippen LogP contribution in [0.1, 0.15) is 16.1 Å². The topological polar surface area (TPSA) is 39.2 Å². The van der Waals surface area contributed by atoms with Crippen LogP contribution in [0.5, 0.6) is 0 Å². The van der Waals surface area contributed by atoms with Gasteiger partial charge in [0.1, 0.15) is 0 Å². The van der Waals surface area contributed by atoms with Gasteiger partial charge in [0.15, 0.2) is 5.69 Å². The summed E-state index contributed by atoms with van der Waals surface area (Å²) < 4.78 is 5.67. The van der Waals surface area contributed by atoms with Gasteiger partial charge in [-0.05, 0) is 36.8 Å². The quantitative estimate of drug-likeness (QED) is 0.753. The van der Waals surface area contributed by atoms with Gasteiger partial charge in [0.25, 0.3) is 0 Å². The molecule has 1 aromatic heterocycles. The molecule has 0 unspecified atom stereocenters. The molecule has 3 nitrogen and oxygen atoms in total. The molecule has 1 aromatic carbocycles. The molecule has 0 radical (unpaired) electrons. The average molecular weight is 280 g/mol. The van der Waals surface area contributed by atoms with Crippen LogP contribution in [0.15, 0.2) is 28.7 Å². The summed E-state index contributed by atoms with van der Waals surface area (Å²) in [7, 11) is 1.36. The Balaban J connectivity index is 2.67. The minimum absolute atomic E-state index is 0.373. The highest BCUT2D eigenvalue weighted by Gasteiger charge is 2.12. The number of methoxy groups -OCH3 is 1. The van der Waals surface area contributed by atoms with E-state index in [0.717, 1.165) is 20.9 Å². The van der Waals surface area contributed by atoms with Crippen LogP contribution in [0, 0.1) is 6.92 Å². The molecule has 2 rings (SSSR count). The first-order valence-corrected chi connectivity index (χ1v) is 5.56. The van der Waals surface area contributed by atoms with Gasteiger partial charge < -0.3 is 4.74 Å². The summed E-state index contributed by atoms with van der Waals surface area (Å²) in [6, 6.07) is 7.66. The maximum atomic E-state index is 11.5. The highest BCUT2D eigenvalue weighted by molar-refractivity contribution is 9.10. The molecule has 0 spiro atoms. The summed E-state index contributed by atoms with van der Waals surface area (Å²) in [5.74, 6) is -0.401. The molecular formula is C12H10BrNO2. The van der Waals surface area contributed by atoms with Gasteiger partial charge in [-0.25, -0.2) is 9.78 Å². The van der Waals surface area contributed by atoms with Crippen LogP contribution < -0.4 is 0 Å². The predicted molar refractivity (Wildman–Crippen MR) is 65.5 cm³/mol. The van der Waals surface area contributed by atoms with Crippen molar-refractivity contribution in [3.8, 4) is 0 Å². The molecule has 0 saturated carbocycles. The summed E-state index contributed by atoms with van der Waals surface area (Å²) >= 11 is 3.40. The second-order valence-electron chi connectivity index (χ2n) is 3.48. The summed E-state index contributed by atoms with van der Waals surface area (Å²) in [5, 5.41) is 1.000. The van der Waals surface area contributed by atoms with Crippen LogP contribution in [0.4, 0.5) is 0 Å². The minimum atomic E-state index is -0.401. The number of nitrogens with zero attached hydrogens (tertiary/aromatic N) is 1. The fraction of sp³-hybridized carbons (Fsp3) is 0.167. The summed E-state index contributed by atoms with van der Waals surface area (Å²) in [4.78, 5) is 15.7. The van der Waals surface area contributed by atoms with Crippen molar-refractivity contribution >= 4 is 32.8 Å². The lowest BCUT2D eigenvalue weighted by Gasteiger charge is -2.05. The third-order valence-corrected chi connectivity index (χ3v) is 2.84. The molecule has 82 valence electrons. The second kappa shape index (κ2) is 4.22. The van der Waals surface area contributed by atoms with Crippen LogP contribution in [-0.4, -0.2) is 18.1 Å². The number of aryl methyl sites for hydroxylation is 1. The van der Waals surface area contributed by atoms with Crippen molar-refractivity contribution in [2.75, 3.05) is 7.11 Å². The Hall–Kier alpha value is -1.42. The number of carbonyl (C=O) groups excluding carboxylic acids is 1. The Morgan fingerprint density at radius 1 is 1.38 bits per heavy atom. The Morgan fingerprint density at radius 2 is 2.12 bits per heavy atom. The summed E-state index contributed by atoms with van der Waals surface area (Å²) in [6.07, 6.45) is 0. The van der Waals surface area contributed by atoms with Crippen LogP contribution >= 0.6 is 15.9 Å². The molecular weight excluding hydrogens is 270 g/mol. The highest BCUT2D eigenvalue weighted by atomic mass is 79.9. The molecule has 2 aromatic rings. The van der Waals surface area contributed by atoms with Crippen molar-refractivity contribution < 1.29 is 9.53 Å². The zero-order valence-corrected chi connectivity index (χ0v) is 10.5. The molecule has 1 heterocycles. The van der Waals surface area contributed by atoms with Crippen LogP contribution in [0.25, 0.3) is 10.9 Å². The maximum absolute atomic E-state index is 11.5. The number of fused-ring (bicyclic) bond motifs is 1. The SMILES string of the molecule is COC(=O)c1nc2ccc(Br)cc2cc1C. The number of benzene rings is 1. The number of hydrogen-bond acceptors (Lipinski definition) is 3. The number of carbonyl (C=O) groups is 1. The number of rotatable bonds is 1. The summed E-state index contributed by atoms with van der Waals surface area (Å²) in [5.41, 5.74) is 1.98. The van der Waals surface area contributed by atoms with Crippen molar-refractivity contribution in [2.45, 2.75) is 6.92 Å². The molecule has 0 atom stereocenters. The van der Waals surface area contributed by atoms with Gasteiger partial charge in [-0.2, -0.15) is 0 Å². The molecule has 0 aliphatic heterocycles. The zero-order valence-electron chi connectivity index (χ0n) is 8.95. The van der Waals surface area contributed by atoms with E-state index >= 15 is 0 Å². The molecule has 0 N–H and O–H groups in total. The third kappa shape index (κ3) is 1.93. The van der Waals surface area contributed by atoms with E-state index in [1.807, 2.05) is 31.2 Å². The van der Waals surface area contributed by atoms with Crippen molar-refractivity contribution in [3.63, 3.8) is 0 Å². The predicted octanol–water partition coefficient (Wildman–Crippen LogP) is 3.09. The standard InChI is InChI=1S/C12H10BrNO2/c1-7-5-8-6-9(13)3-4-10(8)14-11(7)12(15)16-2/h3-6H,1-2H3. The fourth-order valence-corrected chi connectivity index (χ4v) is 1.94. The Kier molecular flexibility index (Phi) is 2.92. The van der Waals surface area contributed by atoms with E-state index in [9.17, 15) is 4.79 Å². The summed E-state index contributed by atoms with van der Waals surface area (Å²) in [6.45, 7) is 1.85. The molecule has 0 aliphatic carbocycles. The van der Waals surface area contributed by atoms with Gasteiger partial charge in [0.2, 0.25) is 0 Å². The fourth-order valence-electron chi connectivity index (χ4n) is 1.56. The number of ether oxygens (including phenoxy) is 1. The second-order valence-corrected chi connectivity index (χ2v) is 4.40. The Labute approximate surface area is 102 Å². The van der Waals surface area contributed by atoms with Gasteiger partial charge in [0, 0.05) is 9.86 Å². The van der Waals surface area contributed by atoms with Crippen molar-refractivity contribution in [2.24, 2.45) is 0 Å². The van der Waals surface area contributed by atoms with Crippen LogP contribution in [-0.2, 0) is 4.74 Å². The maximum Gasteiger partial charge on any atom is 0.356 e. The van der Waals surface area contributed by atoms with Crippen molar-refractivity contribution in [1.29, 1.82) is 0 Å². The molecule has 0 bridgehead atoms. The van der Waals surface area contributed by atoms with Gasteiger partial charge in [-0.15, -0.1) is 0 Å². The third-order valence-electron chi connectivity index (χ3n) is 2.35. The monoisotopic (exact) mass is 279 g/mol. The smallest absolute Gasteiger partial charge is 0.356 e. The number of aromatic nitrogens is 1. The lowest BCUT2D eigenvalue weighted by molar-refractivity contribution is 0.0593. The highest BCUT2D eigenvalue weighted by Crippen LogP contribution is 2.21. The average Bonchev–Trinajstić information content (AvgIpc) is 2.27. The number of halogens is 1. The molecule has 16 heavy (non-hydrogen) atoms. The van der Waals surface area contributed by atoms with E-state index in [1.54, 1.807) is 0 Å². The number of pyridine rings is 1. The normalized spacial score (nSPS) is 10.4. The minimum Gasteiger partial charge on any atom is -0.464 e. The van der Waals surface area contributed by atoms with E-state index in [-0.39, 0.29) is 0 Å².